The standard InChI is InChI=1S/C22H22N4O3S/c1-29-19-9-7-16(8-10-19)21-17(14-26(24-21)18-5-3-2-4-6-18)15-30-12-11-25-20(27)13-23-22(25)28/h2-10,14H,11-13,15H2,1H3,(H,23,28). The first-order valence-electron chi connectivity index (χ1n) is 9.60. The minimum Gasteiger partial charge on any atom is -0.497 e. The van der Waals surface area contributed by atoms with E-state index in [0.717, 1.165) is 34.0 Å². The zero-order valence-corrected chi connectivity index (χ0v) is 17.4. The van der Waals surface area contributed by atoms with E-state index in [-0.39, 0.29) is 18.5 Å². The van der Waals surface area contributed by atoms with Crippen molar-refractivity contribution >= 4 is 23.7 Å². The Kier molecular flexibility index (Phi) is 6.04. The van der Waals surface area contributed by atoms with Crippen molar-refractivity contribution in [3.63, 3.8) is 0 Å². The maximum absolute atomic E-state index is 11.7. The second-order valence-electron chi connectivity index (χ2n) is 6.77. The number of hydrogen-bond donors (Lipinski definition) is 1. The van der Waals surface area contributed by atoms with E-state index in [1.165, 1.54) is 4.90 Å². The van der Waals surface area contributed by atoms with Gasteiger partial charge < -0.3 is 10.1 Å². The highest BCUT2D eigenvalue weighted by Crippen LogP contribution is 2.28. The summed E-state index contributed by atoms with van der Waals surface area (Å²) in [6.07, 6.45) is 2.04. The van der Waals surface area contributed by atoms with Crippen molar-refractivity contribution in [1.29, 1.82) is 0 Å². The van der Waals surface area contributed by atoms with Crippen LogP contribution in [0.4, 0.5) is 4.79 Å². The number of hydrogen-bond acceptors (Lipinski definition) is 5. The maximum atomic E-state index is 11.7. The number of thioether (sulfide) groups is 1. The predicted octanol–water partition coefficient (Wildman–Crippen LogP) is 3.33. The van der Waals surface area contributed by atoms with E-state index < -0.39 is 0 Å². The van der Waals surface area contributed by atoms with Crippen molar-refractivity contribution < 1.29 is 14.3 Å². The second kappa shape index (κ2) is 9.04. The molecule has 3 amide bonds. The fourth-order valence-electron chi connectivity index (χ4n) is 3.24. The van der Waals surface area contributed by atoms with Gasteiger partial charge in [0.05, 0.1) is 25.0 Å². The summed E-state index contributed by atoms with van der Waals surface area (Å²) in [5.74, 6) is 2.01. The summed E-state index contributed by atoms with van der Waals surface area (Å²) in [5, 5.41) is 7.36. The fraction of sp³-hybridized carbons (Fsp3) is 0.227. The monoisotopic (exact) mass is 422 g/mol. The number of para-hydroxylation sites is 1. The molecule has 4 rings (SSSR count). The molecule has 2 aromatic carbocycles. The van der Waals surface area contributed by atoms with Gasteiger partial charge >= 0.3 is 6.03 Å². The van der Waals surface area contributed by atoms with E-state index in [1.807, 2.05) is 65.5 Å². The van der Waals surface area contributed by atoms with E-state index in [2.05, 4.69) is 5.32 Å². The van der Waals surface area contributed by atoms with Crippen LogP contribution in [-0.4, -0.2) is 52.6 Å². The van der Waals surface area contributed by atoms with Crippen LogP contribution < -0.4 is 10.1 Å². The molecule has 1 aromatic heterocycles. The smallest absolute Gasteiger partial charge is 0.324 e. The predicted molar refractivity (Wildman–Crippen MR) is 117 cm³/mol. The molecule has 1 N–H and O–H groups in total. The number of carbonyl (C=O) groups excluding carboxylic acids is 2. The lowest BCUT2D eigenvalue weighted by atomic mass is 10.1. The Labute approximate surface area is 179 Å². The molecule has 1 aliphatic heterocycles. The number of ether oxygens (including phenoxy) is 1. The Balaban J connectivity index is 1.52. The lowest BCUT2D eigenvalue weighted by Crippen LogP contribution is -2.32. The van der Waals surface area contributed by atoms with Gasteiger partial charge in [-0.3, -0.25) is 9.69 Å². The normalized spacial score (nSPS) is 13.6. The minimum absolute atomic E-state index is 0.0922. The van der Waals surface area contributed by atoms with Crippen LogP contribution in [0, 0.1) is 0 Å². The topological polar surface area (TPSA) is 76.5 Å². The fourth-order valence-corrected chi connectivity index (χ4v) is 4.13. The van der Waals surface area contributed by atoms with Gasteiger partial charge in [0.2, 0.25) is 5.91 Å². The number of urea groups is 1. The molecule has 0 spiro atoms. The van der Waals surface area contributed by atoms with Gasteiger partial charge in [0.25, 0.3) is 0 Å². The van der Waals surface area contributed by atoms with Gasteiger partial charge in [-0.05, 0) is 36.4 Å². The Morgan fingerprint density at radius 1 is 1.10 bits per heavy atom. The van der Waals surface area contributed by atoms with E-state index in [4.69, 9.17) is 9.84 Å². The first kappa shape index (κ1) is 20.0. The molecule has 1 fully saturated rings. The average Bonchev–Trinajstić information content (AvgIpc) is 3.35. The number of imide groups is 1. The Morgan fingerprint density at radius 3 is 2.53 bits per heavy atom. The van der Waals surface area contributed by atoms with E-state index in [0.29, 0.717) is 12.3 Å². The number of carbonyl (C=O) groups is 2. The minimum atomic E-state index is -0.309. The Hall–Kier alpha value is -3.26. The summed E-state index contributed by atoms with van der Waals surface area (Å²) in [6, 6.07) is 17.5. The lowest BCUT2D eigenvalue weighted by Gasteiger charge is -2.11. The lowest BCUT2D eigenvalue weighted by molar-refractivity contribution is -0.124. The molecule has 1 aliphatic rings. The zero-order valence-electron chi connectivity index (χ0n) is 16.6. The highest BCUT2D eigenvalue weighted by molar-refractivity contribution is 7.98. The number of benzene rings is 2. The number of amides is 3. The molecule has 3 aromatic rings. The van der Waals surface area contributed by atoms with Gasteiger partial charge in [-0.2, -0.15) is 16.9 Å². The van der Waals surface area contributed by atoms with Crippen LogP contribution in [0.5, 0.6) is 5.75 Å². The average molecular weight is 423 g/mol. The molecule has 0 atom stereocenters. The third kappa shape index (κ3) is 4.33. The molecule has 0 bridgehead atoms. The molecule has 0 aliphatic carbocycles. The van der Waals surface area contributed by atoms with Gasteiger partial charge in [-0.1, -0.05) is 18.2 Å². The summed E-state index contributed by atoms with van der Waals surface area (Å²) in [7, 11) is 1.65. The number of methoxy groups -OCH3 is 1. The van der Waals surface area contributed by atoms with E-state index in [9.17, 15) is 9.59 Å². The van der Waals surface area contributed by atoms with Crippen molar-refractivity contribution in [3.8, 4) is 22.7 Å². The zero-order chi connectivity index (χ0) is 20.9. The van der Waals surface area contributed by atoms with Crippen LogP contribution in [0.1, 0.15) is 5.56 Å². The van der Waals surface area contributed by atoms with Crippen LogP contribution in [0.25, 0.3) is 16.9 Å². The molecule has 0 radical (unpaired) electrons. The number of nitrogens with zero attached hydrogens (tertiary/aromatic N) is 3. The highest BCUT2D eigenvalue weighted by atomic mass is 32.2. The molecular formula is C22H22N4O3S. The molecule has 154 valence electrons. The molecule has 30 heavy (non-hydrogen) atoms. The van der Waals surface area contributed by atoms with Crippen molar-refractivity contribution in [1.82, 2.24) is 20.0 Å². The molecule has 0 saturated carbocycles. The van der Waals surface area contributed by atoms with Gasteiger partial charge in [0, 0.05) is 35.4 Å². The summed E-state index contributed by atoms with van der Waals surface area (Å²) >= 11 is 1.67. The number of aromatic nitrogens is 2. The molecule has 1 saturated heterocycles. The maximum Gasteiger partial charge on any atom is 0.324 e. The van der Waals surface area contributed by atoms with E-state index >= 15 is 0 Å². The first-order valence-corrected chi connectivity index (χ1v) is 10.8. The van der Waals surface area contributed by atoms with Crippen LogP contribution >= 0.6 is 11.8 Å². The van der Waals surface area contributed by atoms with Gasteiger partial charge in [-0.25, -0.2) is 9.48 Å². The SMILES string of the molecule is COc1ccc(-c2nn(-c3ccccc3)cc2CSCCN2C(=O)CNC2=O)cc1. The molecular weight excluding hydrogens is 400 g/mol. The van der Waals surface area contributed by atoms with Gasteiger partial charge in [0.1, 0.15) is 5.75 Å². The summed E-state index contributed by atoms with van der Waals surface area (Å²) < 4.78 is 7.14. The number of rotatable bonds is 8. The second-order valence-corrected chi connectivity index (χ2v) is 7.87. The van der Waals surface area contributed by atoms with Crippen LogP contribution in [0.15, 0.2) is 60.8 Å². The molecule has 7 nitrogen and oxygen atoms in total. The largest absolute Gasteiger partial charge is 0.497 e. The highest BCUT2D eigenvalue weighted by Gasteiger charge is 2.27. The first-order chi connectivity index (χ1) is 14.7. The van der Waals surface area contributed by atoms with Crippen LogP contribution in [0.3, 0.4) is 0 Å². The van der Waals surface area contributed by atoms with E-state index in [1.54, 1.807) is 18.9 Å². The van der Waals surface area contributed by atoms with Gasteiger partial charge in [-0.15, -0.1) is 0 Å². The van der Waals surface area contributed by atoms with Crippen LogP contribution in [-0.2, 0) is 10.5 Å². The Bertz CT molecular complexity index is 1020. The Morgan fingerprint density at radius 2 is 1.87 bits per heavy atom. The van der Waals surface area contributed by atoms with Crippen LogP contribution in [0.2, 0.25) is 0 Å². The molecule has 2 heterocycles. The number of nitrogens with one attached hydrogen (secondary N) is 1. The third-order valence-electron chi connectivity index (χ3n) is 4.83. The summed E-state index contributed by atoms with van der Waals surface area (Å²) in [5.41, 5.74) is 3.99. The van der Waals surface area contributed by atoms with Crippen molar-refractivity contribution in [2.75, 3.05) is 26.0 Å². The van der Waals surface area contributed by atoms with Crippen molar-refractivity contribution in [2.24, 2.45) is 0 Å². The quantitative estimate of drug-likeness (QED) is 0.445. The summed E-state index contributed by atoms with van der Waals surface area (Å²) in [6.45, 7) is 0.495. The summed E-state index contributed by atoms with van der Waals surface area (Å²) in [4.78, 5) is 24.6. The van der Waals surface area contributed by atoms with Crippen molar-refractivity contribution in [3.05, 3.63) is 66.4 Å². The van der Waals surface area contributed by atoms with Gasteiger partial charge in [0.15, 0.2) is 0 Å². The molecule has 0 unspecified atom stereocenters. The molecule has 8 heteroatoms. The van der Waals surface area contributed by atoms with Crippen molar-refractivity contribution in [2.45, 2.75) is 5.75 Å². The third-order valence-corrected chi connectivity index (χ3v) is 5.81.